The van der Waals surface area contributed by atoms with Gasteiger partial charge in [0, 0.05) is 24.7 Å². The molecular weight excluding hydrogens is 328 g/mol. The van der Waals surface area contributed by atoms with E-state index in [1.807, 2.05) is 18.2 Å². The topological polar surface area (TPSA) is 69.6 Å². The van der Waals surface area contributed by atoms with E-state index in [-0.39, 0.29) is 17.4 Å². The van der Waals surface area contributed by atoms with Crippen molar-refractivity contribution in [2.45, 2.75) is 32.1 Å². The Hall–Kier alpha value is -1.75. The van der Waals surface area contributed by atoms with E-state index in [0.717, 1.165) is 24.3 Å². The maximum absolute atomic E-state index is 12.3. The number of nitrogens with zero attached hydrogens (tertiary/aromatic N) is 1. The Kier molecular flexibility index (Phi) is 4.99. The zero-order chi connectivity index (χ0) is 17.2. The van der Waals surface area contributed by atoms with Gasteiger partial charge in [0.25, 0.3) is 0 Å². The maximum Gasteiger partial charge on any atom is 0.317 e. The molecule has 2 amide bonds. The number of halogens is 1. The highest BCUT2D eigenvalue weighted by Crippen LogP contribution is 2.48. The maximum atomic E-state index is 12.3. The molecule has 2 N–H and O–H groups in total. The SMILES string of the molecule is O=C(O)C1CCN(C(=O)NCC2(Cc3cccc(Cl)c3)CC2)CC1. The number of aliphatic carboxylic acids is 1. The summed E-state index contributed by atoms with van der Waals surface area (Å²) in [7, 11) is 0. The number of hydrogen-bond acceptors (Lipinski definition) is 2. The summed E-state index contributed by atoms with van der Waals surface area (Å²) in [5, 5.41) is 12.8. The number of rotatable bonds is 5. The molecule has 0 spiro atoms. The molecule has 0 radical (unpaired) electrons. The third-order valence-electron chi connectivity index (χ3n) is 5.17. The molecular formula is C18H23ClN2O3. The minimum absolute atomic E-state index is 0.0730. The molecule has 0 bridgehead atoms. The summed E-state index contributed by atoms with van der Waals surface area (Å²) in [5.41, 5.74) is 1.36. The van der Waals surface area contributed by atoms with Crippen molar-refractivity contribution in [3.8, 4) is 0 Å². The number of carboxylic acids is 1. The van der Waals surface area contributed by atoms with Crippen LogP contribution in [0.1, 0.15) is 31.2 Å². The van der Waals surface area contributed by atoms with Gasteiger partial charge in [0.1, 0.15) is 0 Å². The minimum atomic E-state index is -0.756. The Morgan fingerprint density at radius 2 is 2.00 bits per heavy atom. The first-order valence-corrected chi connectivity index (χ1v) is 8.85. The summed E-state index contributed by atoms with van der Waals surface area (Å²) in [5.74, 6) is -1.07. The normalized spacial score (nSPS) is 19.8. The van der Waals surface area contributed by atoms with Crippen LogP contribution in [0.3, 0.4) is 0 Å². The fraction of sp³-hybridized carbons (Fsp3) is 0.556. The number of amides is 2. The number of piperidine rings is 1. The largest absolute Gasteiger partial charge is 0.481 e. The third kappa shape index (κ3) is 4.20. The summed E-state index contributed by atoms with van der Waals surface area (Å²) >= 11 is 6.04. The molecule has 2 aliphatic rings. The van der Waals surface area contributed by atoms with Gasteiger partial charge in [0.05, 0.1) is 5.92 Å². The average molecular weight is 351 g/mol. The molecule has 6 heteroatoms. The lowest BCUT2D eigenvalue weighted by Gasteiger charge is -2.30. The Labute approximate surface area is 147 Å². The van der Waals surface area contributed by atoms with Crippen LogP contribution in [-0.2, 0) is 11.2 Å². The first-order chi connectivity index (χ1) is 11.5. The van der Waals surface area contributed by atoms with E-state index in [0.29, 0.717) is 32.5 Å². The Bertz CT molecular complexity index is 622. The lowest BCUT2D eigenvalue weighted by atomic mass is 9.96. The molecule has 1 aliphatic carbocycles. The number of hydrogen-bond donors (Lipinski definition) is 2. The zero-order valence-electron chi connectivity index (χ0n) is 13.6. The van der Waals surface area contributed by atoms with E-state index < -0.39 is 5.97 Å². The Morgan fingerprint density at radius 3 is 2.58 bits per heavy atom. The van der Waals surface area contributed by atoms with Gasteiger partial charge in [-0.25, -0.2) is 4.79 Å². The summed E-state index contributed by atoms with van der Waals surface area (Å²) in [6, 6.07) is 7.81. The predicted molar refractivity (Wildman–Crippen MR) is 92.2 cm³/mol. The van der Waals surface area contributed by atoms with Gasteiger partial charge >= 0.3 is 12.0 Å². The quantitative estimate of drug-likeness (QED) is 0.857. The Balaban J connectivity index is 1.47. The standard InChI is InChI=1S/C18H23ClN2O3/c19-15-3-1-2-13(10-15)11-18(6-7-18)12-20-17(24)21-8-4-14(5-9-21)16(22)23/h1-3,10,14H,4-9,11-12H2,(H,20,24)(H,22,23). The van der Waals surface area contributed by atoms with Crippen LogP contribution in [0.15, 0.2) is 24.3 Å². The van der Waals surface area contributed by atoms with Crippen molar-refractivity contribution in [2.75, 3.05) is 19.6 Å². The van der Waals surface area contributed by atoms with Gasteiger partial charge in [0.15, 0.2) is 0 Å². The van der Waals surface area contributed by atoms with E-state index in [1.165, 1.54) is 5.56 Å². The number of urea groups is 1. The molecule has 0 aromatic heterocycles. The van der Waals surface area contributed by atoms with E-state index in [9.17, 15) is 9.59 Å². The van der Waals surface area contributed by atoms with Gasteiger partial charge in [-0.15, -0.1) is 0 Å². The van der Waals surface area contributed by atoms with E-state index in [4.69, 9.17) is 16.7 Å². The van der Waals surface area contributed by atoms with Crippen LogP contribution in [0.25, 0.3) is 0 Å². The minimum Gasteiger partial charge on any atom is -0.481 e. The van der Waals surface area contributed by atoms with Gasteiger partial charge in [-0.1, -0.05) is 23.7 Å². The molecule has 0 unspecified atom stereocenters. The van der Waals surface area contributed by atoms with E-state index in [2.05, 4.69) is 11.4 Å². The van der Waals surface area contributed by atoms with Crippen molar-refractivity contribution in [1.29, 1.82) is 0 Å². The monoisotopic (exact) mass is 350 g/mol. The molecule has 1 heterocycles. The van der Waals surface area contributed by atoms with Crippen LogP contribution in [0, 0.1) is 11.3 Å². The molecule has 2 fully saturated rings. The van der Waals surface area contributed by atoms with Crippen LogP contribution >= 0.6 is 11.6 Å². The van der Waals surface area contributed by atoms with Crippen molar-refractivity contribution in [2.24, 2.45) is 11.3 Å². The summed E-state index contributed by atoms with van der Waals surface area (Å²) < 4.78 is 0. The first kappa shape index (κ1) is 17.1. The number of carboxylic acid groups (broad SMARTS) is 1. The highest BCUT2D eigenvalue weighted by atomic mass is 35.5. The highest BCUT2D eigenvalue weighted by molar-refractivity contribution is 6.30. The highest BCUT2D eigenvalue weighted by Gasteiger charge is 2.43. The van der Waals surface area contributed by atoms with Crippen molar-refractivity contribution in [3.63, 3.8) is 0 Å². The zero-order valence-corrected chi connectivity index (χ0v) is 14.4. The second-order valence-electron chi connectivity index (χ2n) is 7.06. The number of benzene rings is 1. The van der Waals surface area contributed by atoms with Crippen molar-refractivity contribution >= 4 is 23.6 Å². The smallest absolute Gasteiger partial charge is 0.317 e. The molecule has 24 heavy (non-hydrogen) atoms. The van der Waals surface area contributed by atoms with Crippen LogP contribution in [0.4, 0.5) is 4.79 Å². The molecule has 1 aliphatic heterocycles. The first-order valence-electron chi connectivity index (χ1n) is 8.47. The Morgan fingerprint density at radius 1 is 1.29 bits per heavy atom. The lowest BCUT2D eigenvalue weighted by Crippen LogP contribution is -2.47. The number of carbonyl (C=O) groups excluding carboxylic acids is 1. The fourth-order valence-corrected chi connectivity index (χ4v) is 3.59. The summed E-state index contributed by atoms with van der Waals surface area (Å²) in [6.07, 6.45) is 4.23. The molecule has 130 valence electrons. The lowest BCUT2D eigenvalue weighted by molar-refractivity contribution is -0.143. The van der Waals surface area contributed by atoms with Crippen molar-refractivity contribution < 1.29 is 14.7 Å². The number of nitrogens with one attached hydrogen (secondary N) is 1. The van der Waals surface area contributed by atoms with Crippen molar-refractivity contribution in [1.82, 2.24) is 10.2 Å². The third-order valence-corrected chi connectivity index (χ3v) is 5.41. The number of likely N-dealkylation sites (tertiary alicyclic amines) is 1. The molecule has 3 rings (SSSR count). The van der Waals surface area contributed by atoms with Gasteiger partial charge in [0.2, 0.25) is 0 Å². The fourth-order valence-electron chi connectivity index (χ4n) is 3.38. The molecule has 1 saturated heterocycles. The van der Waals surface area contributed by atoms with Gasteiger partial charge in [-0.2, -0.15) is 0 Å². The molecule has 5 nitrogen and oxygen atoms in total. The van der Waals surface area contributed by atoms with Crippen LogP contribution in [0.5, 0.6) is 0 Å². The summed E-state index contributed by atoms with van der Waals surface area (Å²) in [6.45, 7) is 1.70. The molecule has 1 saturated carbocycles. The second-order valence-corrected chi connectivity index (χ2v) is 7.50. The van der Waals surface area contributed by atoms with Gasteiger partial charge in [-0.3, -0.25) is 4.79 Å². The molecule has 1 aromatic carbocycles. The second kappa shape index (κ2) is 7.01. The molecule has 0 atom stereocenters. The van der Waals surface area contributed by atoms with Crippen LogP contribution in [-0.4, -0.2) is 41.6 Å². The summed E-state index contributed by atoms with van der Waals surface area (Å²) in [4.78, 5) is 25.0. The van der Waals surface area contributed by atoms with Crippen LogP contribution in [0.2, 0.25) is 5.02 Å². The van der Waals surface area contributed by atoms with Crippen LogP contribution < -0.4 is 5.32 Å². The van der Waals surface area contributed by atoms with Gasteiger partial charge in [-0.05, 0) is 55.2 Å². The number of carbonyl (C=O) groups is 2. The van der Waals surface area contributed by atoms with Gasteiger partial charge < -0.3 is 15.3 Å². The van der Waals surface area contributed by atoms with E-state index in [1.54, 1.807) is 4.90 Å². The average Bonchev–Trinajstić information content (AvgIpc) is 3.32. The van der Waals surface area contributed by atoms with Crippen molar-refractivity contribution in [3.05, 3.63) is 34.9 Å². The predicted octanol–water partition coefficient (Wildman–Crippen LogP) is 3.17. The van der Waals surface area contributed by atoms with E-state index >= 15 is 0 Å². The molecule has 1 aromatic rings.